The molecule has 1 aliphatic heterocycles. The highest BCUT2D eigenvalue weighted by molar-refractivity contribution is 5.97. The van der Waals surface area contributed by atoms with Crippen molar-refractivity contribution < 1.29 is 9.59 Å². The van der Waals surface area contributed by atoms with Gasteiger partial charge in [0.05, 0.1) is 11.4 Å². The third-order valence-corrected chi connectivity index (χ3v) is 4.24. The van der Waals surface area contributed by atoms with E-state index in [0.717, 1.165) is 35.5 Å². The van der Waals surface area contributed by atoms with Crippen molar-refractivity contribution in [1.82, 2.24) is 0 Å². The molecule has 0 fully saturated rings. The van der Waals surface area contributed by atoms with Crippen LogP contribution in [0.3, 0.4) is 0 Å². The van der Waals surface area contributed by atoms with E-state index < -0.39 is 0 Å². The average molecular weight is 337 g/mol. The van der Waals surface area contributed by atoms with Gasteiger partial charge in [-0.2, -0.15) is 0 Å². The summed E-state index contributed by atoms with van der Waals surface area (Å²) in [4.78, 5) is 23.1. The molecule has 1 heterocycles. The number of rotatable bonds is 4. The number of aryl methyl sites for hydroxylation is 2. The number of carbonyl (C=O) groups excluding carboxylic acids is 2. The van der Waals surface area contributed by atoms with Gasteiger partial charge in [0.25, 0.3) is 0 Å². The van der Waals surface area contributed by atoms with Crippen molar-refractivity contribution in [2.45, 2.75) is 39.2 Å². The van der Waals surface area contributed by atoms with E-state index in [1.165, 1.54) is 12.5 Å². The fraction of sp³-hybridized carbons (Fsp3) is 0.300. The van der Waals surface area contributed by atoms with Gasteiger partial charge in [0.1, 0.15) is 0 Å². The normalized spacial score (nSPS) is 16.2. The van der Waals surface area contributed by atoms with Gasteiger partial charge in [-0.05, 0) is 49.1 Å². The molecule has 3 N–H and O–H groups in total. The zero-order chi connectivity index (χ0) is 17.8. The molecule has 0 spiro atoms. The highest BCUT2D eigenvalue weighted by Crippen LogP contribution is 2.31. The molecule has 0 aliphatic carbocycles. The quantitative estimate of drug-likeness (QED) is 0.799. The molecule has 5 heteroatoms. The third-order valence-electron chi connectivity index (χ3n) is 4.24. The Balaban J connectivity index is 1.77. The van der Waals surface area contributed by atoms with Crippen molar-refractivity contribution in [1.29, 1.82) is 0 Å². The van der Waals surface area contributed by atoms with Gasteiger partial charge < -0.3 is 16.0 Å². The first kappa shape index (κ1) is 17.0. The maximum Gasteiger partial charge on any atom is 0.226 e. The van der Waals surface area contributed by atoms with Crippen molar-refractivity contribution in [3.05, 3.63) is 53.6 Å². The zero-order valence-electron chi connectivity index (χ0n) is 14.6. The van der Waals surface area contributed by atoms with E-state index in [-0.39, 0.29) is 17.9 Å². The van der Waals surface area contributed by atoms with E-state index in [1.54, 1.807) is 0 Å². The minimum absolute atomic E-state index is 0.0407. The second-order valence-electron chi connectivity index (χ2n) is 6.52. The molecule has 0 saturated carbocycles. The minimum atomic E-state index is -0.0699. The number of amides is 2. The molecule has 2 aromatic rings. The number of nitrogens with one attached hydrogen (secondary N) is 3. The molecule has 5 nitrogen and oxygen atoms in total. The lowest BCUT2D eigenvalue weighted by atomic mass is 10.0. The average Bonchev–Trinajstić information content (AvgIpc) is 2.69. The van der Waals surface area contributed by atoms with Crippen LogP contribution < -0.4 is 16.0 Å². The van der Waals surface area contributed by atoms with Crippen molar-refractivity contribution in [3.63, 3.8) is 0 Å². The van der Waals surface area contributed by atoms with Crippen LogP contribution in [0.15, 0.2) is 42.5 Å². The summed E-state index contributed by atoms with van der Waals surface area (Å²) in [5.74, 6) is -0.0293. The molecule has 2 aromatic carbocycles. The highest BCUT2D eigenvalue weighted by atomic mass is 16.2. The Kier molecular flexibility index (Phi) is 5.03. The van der Waals surface area contributed by atoms with Gasteiger partial charge in [0, 0.05) is 25.1 Å². The molecular weight excluding hydrogens is 314 g/mol. The number of para-hydroxylation sites is 1. The Hall–Kier alpha value is -2.82. The van der Waals surface area contributed by atoms with Gasteiger partial charge in [0.2, 0.25) is 11.8 Å². The molecule has 0 radical (unpaired) electrons. The number of carbonyl (C=O) groups is 2. The summed E-state index contributed by atoms with van der Waals surface area (Å²) in [5, 5.41) is 9.24. The standard InChI is InChI=1S/C20H23N3O2/c1-13-11-19(25)23-18-8-4-6-16(20(18)21-13)10-9-15-5-3-7-17(12-15)22-14(2)24/h3-8,12-13,21H,9-11H2,1-2H3,(H,22,24)(H,23,25)/t13-/m1/s1. The van der Waals surface area contributed by atoms with Crippen LogP contribution in [0.1, 0.15) is 31.4 Å². The van der Waals surface area contributed by atoms with Crippen LogP contribution >= 0.6 is 0 Å². The van der Waals surface area contributed by atoms with E-state index >= 15 is 0 Å². The molecule has 0 unspecified atom stereocenters. The lowest BCUT2D eigenvalue weighted by Crippen LogP contribution is -2.19. The molecule has 130 valence electrons. The summed E-state index contributed by atoms with van der Waals surface area (Å²) >= 11 is 0. The molecule has 0 aromatic heterocycles. The van der Waals surface area contributed by atoms with Crippen molar-refractivity contribution >= 4 is 28.9 Å². The van der Waals surface area contributed by atoms with E-state index in [4.69, 9.17) is 0 Å². The number of hydrogen-bond acceptors (Lipinski definition) is 3. The number of benzene rings is 2. The van der Waals surface area contributed by atoms with Gasteiger partial charge in [-0.1, -0.05) is 24.3 Å². The van der Waals surface area contributed by atoms with Gasteiger partial charge >= 0.3 is 0 Å². The predicted molar refractivity (Wildman–Crippen MR) is 101 cm³/mol. The molecule has 2 amide bonds. The summed E-state index contributed by atoms with van der Waals surface area (Å²) in [6, 6.07) is 14.0. The first-order valence-electron chi connectivity index (χ1n) is 8.56. The van der Waals surface area contributed by atoms with E-state index in [9.17, 15) is 9.59 Å². The van der Waals surface area contributed by atoms with Gasteiger partial charge in [-0.25, -0.2) is 0 Å². The maximum absolute atomic E-state index is 11.9. The Morgan fingerprint density at radius 2 is 2.00 bits per heavy atom. The molecule has 3 rings (SSSR count). The number of hydrogen-bond donors (Lipinski definition) is 3. The van der Waals surface area contributed by atoms with Gasteiger partial charge in [0.15, 0.2) is 0 Å². The van der Waals surface area contributed by atoms with Crippen LogP contribution in [0.25, 0.3) is 0 Å². The van der Waals surface area contributed by atoms with Crippen LogP contribution in [0, 0.1) is 0 Å². The summed E-state index contributed by atoms with van der Waals surface area (Å²) in [5.41, 5.74) is 5.01. The minimum Gasteiger partial charge on any atom is -0.380 e. The highest BCUT2D eigenvalue weighted by Gasteiger charge is 2.19. The Morgan fingerprint density at radius 1 is 1.20 bits per heavy atom. The van der Waals surface area contributed by atoms with Crippen molar-refractivity contribution in [2.75, 3.05) is 16.0 Å². The maximum atomic E-state index is 11.9. The monoisotopic (exact) mass is 337 g/mol. The fourth-order valence-electron chi connectivity index (χ4n) is 3.15. The first-order valence-corrected chi connectivity index (χ1v) is 8.56. The molecule has 25 heavy (non-hydrogen) atoms. The summed E-state index contributed by atoms with van der Waals surface area (Å²) in [7, 11) is 0. The van der Waals surface area contributed by atoms with Crippen LogP contribution in [0.5, 0.6) is 0 Å². The largest absolute Gasteiger partial charge is 0.380 e. The molecule has 1 atom stereocenters. The first-order chi connectivity index (χ1) is 12.0. The van der Waals surface area contributed by atoms with Gasteiger partial charge in [-0.15, -0.1) is 0 Å². The lowest BCUT2D eigenvalue weighted by Gasteiger charge is -2.16. The van der Waals surface area contributed by atoms with Crippen LogP contribution in [-0.4, -0.2) is 17.9 Å². The van der Waals surface area contributed by atoms with E-state index in [1.807, 2.05) is 37.3 Å². The molecule has 1 aliphatic rings. The Labute approximate surface area is 147 Å². The zero-order valence-corrected chi connectivity index (χ0v) is 14.6. The topological polar surface area (TPSA) is 70.2 Å². The van der Waals surface area contributed by atoms with Crippen LogP contribution in [-0.2, 0) is 22.4 Å². The van der Waals surface area contributed by atoms with Crippen molar-refractivity contribution in [2.24, 2.45) is 0 Å². The van der Waals surface area contributed by atoms with Crippen LogP contribution in [0.4, 0.5) is 17.1 Å². The molecule has 0 saturated heterocycles. The molecule has 0 bridgehead atoms. The van der Waals surface area contributed by atoms with Gasteiger partial charge in [-0.3, -0.25) is 9.59 Å². The summed E-state index contributed by atoms with van der Waals surface area (Å²) < 4.78 is 0. The lowest BCUT2D eigenvalue weighted by molar-refractivity contribution is -0.116. The van der Waals surface area contributed by atoms with E-state index in [2.05, 4.69) is 28.1 Å². The number of anilines is 3. The summed E-state index contributed by atoms with van der Waals surface area (Å²) in [6.07, 6.45) is 2.17. The second-order valence-corrected chi connectivity index (χ2v) is 6.52. The smallest absolute Gasteiger partial charge is 0.226 e. The number of fused-ring (bicyclic) bond motifs is 1. The Morgan fingerprint density at radius 3 is 2.80 bits per heavy atom. The van der Waals surface area contributed by atoms with E-state index in [0.29, 0.717) is 6.42 Å². The predicted octanol–water partition coefficient (Wildman–Crippen LogP) is 3.57. The third kappa shape index (κ3) is 4.38. The molecular formula is C20H23N3O2. The van der Waals surface area contributed by atoms with Crippen LogP contribution in [0.2, 0.25) is 0 Å². The fourth-order valence-corrected chi connectivity index (χ4v) is 3.15. The van der Waals surface area contributed by atoms with Crippen molar-refractivity contribution in [3.8, 4) is 0 Å². The SMILES string of the molecule is CC(=O)Nc1cccc(CCc2cccc3c2N[C@H](C)CC(=O)N3)c1. The Bertz CT molecular complexity index is 801. The second kappa shape index (κ2) is 7.38. The summed E-state index contributed by atoms with van der Waals surface area (Å²) in [6.45, 7) is 3.52.